The van der Waals surface area contributed by atoms with E-state index in [2.05, 4.69) is 38.1 Å². The summed E-state index contributed by atoms with van der Waals surface area (Å²) in [5.41, 5.74) is 9.04. The number of hydrogen-bond acceptors (Lipinski definition) is 2. The number of rotatable bonds is 5. The maximum Gasteiger partial charge on any atom is 0.0874 e. The molecule has 1 unspecified atom stereocenters. The van der Waals surface area contributed by atoms with Crippen molar-refractivity contribution in [3.63, 3.8) is 0 Å². The highest BCUT2D eigenvalue weighted by Gasteiger charge is 2.39. The third kappa shape index (κ3) is 3.18. The van der Waals surface area contributed by atoms with E-state index in [1.807, 2.05) is 0 Å². The summed E-state index contributed by atoms with van der Waals surface area (Å²) < 4.78 is 6.14. The van der Waals surface area contributed by atoms with E-state index in [1.165, 1.54) is 30.4 Å². The number of hydrogen-bond donors (Lipinski definition) is 1. The van der Waals surface area contributed by atoms with Gasteiger partial charge in [-0.2, -0.15) is 0 Å². The van der Waals surface area contributed by atoms with E-state index in [-0.39, 0.29) is 11.6 Å². The van der Waals surface area contributed by atoms with Crippen molar-refractivity contribution in [1.82, 2.24) is 0 Å². The Hall–Kier alpha value is -0.860. The van der Waals surface area contributed by atoms with E-state index in [0.29, 0.717) is 0 Å². The molecule has 0 aliphatic heterocycles. The molecular formula is C17H27NO. The summed E-state index contributed by atoms with van der Waals surface area (Å²) in [5.74, 6) is 0. The number of benzene rings is 1. The van der Waals surface area contributed by atoms with Crippen LogP contribution in [0.25, 0.3) is 0 Å². The topological polar surface area (TPSA) is 35.2 Å². The Kier molecular flexibility index (Phi) is 5.00. The quantitative estimate of drug-likeness (QED) is 0.870. The highest BCUT2D eigenvalue weighted by molar-refractivity contribution is 5.28. The average Bonchev–Trinajstić information content (AvgIpc) is 2.48. The second-order valence-electron chi connectivity index (χ2n) is 5.63. The van der Waals surface area contributed by atoms with E-state index in [4.69, 9.17) is 10.5 Å². The van der Waals surface area contributed by atoms with Crippen molar-refractivity contribution in [2.75, 3.05) is 6.61 Å². The van der Waals surface area contributed by atoms with Gasteiger partial charge in [0.2, 0.25) is 0 Å². The van der Waals surface area contributed by atoms with Crippen LogP contribution in [-0.2, 0) is 11.2 Å². The molecule has 0 radical (unpaired) electrons. The van der Waals surface area contributed by atoms with Gasteiger partial charge in [0.1, 0.15) is 0 Å². The molecule has 0 saturated heterocycles. The molecule has 19 heavy (non-hydrogen) atoms. The molecule has 0 heterocycles. The Morgan fingerprint density at radius 2 is 1.95 bits per heavy atom. The van der Waals surface area contributed by atoms with Crippen LogP contribution in [0.1, 0.15) is 63.1 Å². The van der Waals surface area contributed by atoms with Crippen molar-refractivity contribution < 1.29 is 4.74 Å². The molecular weight excluding hydrogens is 234 g/mol. The van der Waals surface area contributed by atoms with Crippen LogP contribution in [0.5, 0.6) is 0 Å². The Labute approximate surface area is 117 Å². The van der Waals surface area contributed by atoms with E-state index in [9.17, 15) is 0 Å². The van der Waals surface area contributed by atoms with E-state index in [0.717, 1.165) is 25.9 Å². The Balaban J connectivity index is 2.24. The lowest BCUT2D eigenvalue weighted by atomic mass is 9.76. The molecule has 1 aromatic rings. The second-order valence-corrected chi connectivity index (χ2v) is 5.63. The van der Waals surface area contributed by atoms with Crippen LogP contribution in [0.3, 0.4) is 0 Å². The first kappa shape index (κ1) is 14.5. The molecule has 1 aromatic carbocycles. The third-order valence-corrected chi connectivity index (χ3v) is 4.42. The van der Waals surface area contributed by atoms with Gasteiger partial charge in [-0.05, 0) is 37.3 Å². The van der Waals surface area contributed by atoms with Gasteiger partial charge in [-0.15, -0.1) is 0 Å². The summed E-state index contributed by atoms with van der Waals surface area (Å²) in [4.78, 5) is 0. The van der Waals surface area contributed by atoms with Gasteiger partial charge in [0.25, 0.3) is 0 Å². The molecule has 2 heteroatoms. The molecule has 0 aromatic heterocycles. The minimum atomic E-state index is -0.140. The maximum atomic E-state index is 6.59. The van der Waals surface area contributed by atoms with Crippen molar-refractivity contribution in [2.24, 2.45) is 5.73 Å². The molecule has 2 rings (SSSR count). The fraction of sp³-hybridized carbons (Fsp3) is 0.647. The van der Waals surface area contributed by atoms with Crippen LogP contribution in [0, 0.1) is 0 Å². The van der Waals surface area contributed by atoms with Gasteiger partial charge in [0.05, 0.1) is 11.6 Å². The molecule has 2 N–H and O–H groups in total. The van der Waals surface area contributed by atoms with Gasteiger partial charge in [-0.1, -0.05) is 50.5 Å². The SMILES string of the molecule is CCOC1(C(N)c2cccc(CC)c2)CCCCC1. The Morgan fingerprint density at radius 1 is 1.21 bits per heavy atom. The zero-order valence-corrected chi connectivity index (χ0v) is 12.3. The van der Waals surface area contributed by atoms with Crippen molar-refractivity contribution in [3.8, 4) is 0 Å². The van der Waals surface area contributed by atoms with Crippen LogP contribution in [0.2, 0.25) is 0 Å². The summed E-state index contributed by atoms with van der Waals surface area (Å²) in [5, 5.41) is 0. The van der Waals surface area contributed by atoms with Gasteiger partial charge < -0.3 is 10.5 Å². The van der Waals surface area contributed by atoms with Gasteiger partial charge in [0, 0.05) is 6.61 Å². The lowest BCUT2D eigenvalue weighted by Crippen LogP contribution is -2.45. The largest absolute Gasteiger partial charge is 0.373 e. The summed E-state index contributed by atoms with van der Waals surface area (Å²) in [6, 6.07) is 8.69. The zero-order chi connectivity index (χ0) is 13.7. The summed E-state index contributed by atoms with van der Waals surface area (Å²) >= 11 is 0. The second kappa shape index (κ2) is 6.53. The first-order valence-corrected chi connectivity index (χ1v) is 7.70. The summed E-state index contributed by atoms with van der Waals surface area (Å²) in [7, 11) is 0. The molecule has 0 bridgehead atoms. The van der Waals surface area contributed by atoms with Gasteiger partial charge in [-0.3, -0.25) is 0 Å². The van der Waals surface area contributed by atoms with E-state index in [1.54, 1.807) is 0 Å². The Morgan fingerprint density at radius 3 is 2.58 bits per heavy atom. The monoisotopic (exact) mass is 261 g/mol. The zero-order valence-electron chi connectivity index (χ0n) is 12.3. The Bertz CT molecular complexity index is 390. The molecule has 2 nitrogen and oxygen atoms in total. The van der Waals surface area contributed by atoms with Gasteiger partial charge in [0.15, 0.2) is 0 Å². The van der Waals surface area contributed by atoms with E-state index < -0.39 is 0 Å². The molecule has 106 valence electrons. The molecule has 1 aliphatic carbocycles. The predicted molar refractivity (Wildman–Crippen MR) is 80.2 cm³/mol. The van der Waals surface area contributed by atoms with Crippen LogP contribution < -0.4 is 5.73 Å². The molecule has 1 atom stereocenters. The minimum absolute atomic E-state index is 0.000694. The fourth-order valence-electron chi connectivity index (χ4n) is 3.29. The smallest absolute Gasteiger partial charge is 0.0874 e. The summed E-state index contributed by atoms with van der Waals surface area (Å²) in [6.45, 7) is 5.01. The van der Waals surface area contributed by atoms with Crippen LogP contribution in [-0.4, -0.2) is 12.2 Å². The molecule has 0 spiro atoms. The van der Waals surface area contributed by atoms with Gasteiger partial charge >= 0.3 is 0 Å². The maximum absolute atomic E-state index is 6.59. The lowest BCUT2D eigenvalue weighted by molar-refractivity contribution is -0.0830. The van der Waals surface area contributed by atoms with E-state index >= 15 is 0 Å². The minimum Gasteiger partial charge on any atom is -0.373 e. The molecule has 1 aliphatic rings. The fourth-order valence-corrected chi connectivity index (χ4v) is 3.29. The standard InChI is InChI=1S/C17H27NO/c1-3-14-9-8-10-15(13-14)16(18)17(19-4-2)11-6-5-7-12-17/h8-10,13,16H,3-7,11-12,18H2,1-2H3. The van der Waals surface area contributed by atoms with Crippen molar-refractivity contribution in [3.05, 3.63) is 35.4 Å². The lowest BCUT2D eigenvalue weighted by Gasteiger charge is -2.42. The summed E-state index contributed by atoms with van der Waals surface area (Å²) in [6.07, 6.45) is 7.04. The molecule has 0 amide bonds. The predicted octanol–water partition coefficient (Wildman–Crippen LogP) is 3.99. The number of aryl methyl sites for hydroxylation is 1. The molecule has 1 fully saturated rings. The first-order valence-electron chi connectivity index (χ1n) is 7.70. The number of ether oxygens (including phenoxy) is 1. The van der Waals surface area contributed by atoms with Gasteiger partial charge in [-0.25, -0.2) is 0 Å². The van der Waals surface area contributed by atoms with Crippen molar-refractivity contribution in [2.45, 2.75) is 64.0 Å². The average molecular weight is 261 g/mol. The highest BCUT2D eigenvalue weighted by Crippen LogP contribution is 2.40. The van der Waals surface area contributed by atoms with Crippen LogP contribution in [0.4, 0.5) is 0 Å². The number of nitrogens with two attached hydrogens (primary N) is 1. The van der Waals surface area contributed by atoms with Crippen LogP contribution in [0.15, 0.2) is 24.3 Å². The first-order chi connectivity index (χ1) is 9.22. The van der Waals surface area contributed by atoms with Crippen molar-refractivity contribution >= 4 is 0 Å². The van der Waals surface area contributed by atoms with Crippen molar-refractivity contribution in [1.29, 1.82) is 0 Å². The highest BCUT2D eigenvalue weighted by atomic mass is 16.5. The normalized spacial score (nSPS) is 20.2. The molecule has 1 saturated carbocycles. The van der Waals surface area contributed by atoms with Crippen LogP contribution >= 0.6 is 0 Å². The third-order valence-electron chi connectivity index (χ3n) is 4.42.